The van der Waals surface area contributed by atoms with Gasteiger partial charge in [0.05, 0.1) is 36.8 Å². The summed E-state index contributed by atoms with van der Waals surface area (Å²) in [6.07, 6.45) is 1.66. The third kappa shape index (κ3) is 2.85. The van der Waals surface area contributed by atoms with Crippen molar-refractivity contribution in [3.63, 3.8) is 0 Å². The molecule has 130 valence electrons. The quantitative estimate of drug-likeness (QED) is 0.784. The summed E-state index contributed by atoms with van der Waals surface area (Å²) in [6.45, 7) is 2.56. The van der Waals surface area contributed by atoms with E-state index in [9.17, 15) is 9.59 Å². The molecule has 0 bridgehead atoms. The zero-order valence-electron chi connectivity index (χ0n) is 13.4. The Labute approximate surface area is 148 Å². The van der Waals surface area contributed by atoms with Gasteiger partial charge in [-0.15, -0.1) is 0 Å². The van der Waals surface area contributed by atoms with Gasteiger partial charge in [-0.2, -0.15) is 0 Å². The molecule has 0 spiro atoms. The maximum atomic E-state index is 13.0. The number of nitrogens with zero attached hydrogens (tertiary/aromatic N) is 4. The van der Waals surface area contributed by atoms with E-state index in [4.69, 9.17) is 10.5 Å². The van der Waals surface area contributed by atoms with Crippen LogP contribution in [0, 0.1) is 0 Å². The second-order valence-electron chi connectivity index (χ2n) is 5.74. The summed E-state index contributed by atoms with van der Waals surface area (Å²) < 4.78 is 7.24. The van der Waals surface area contributed by atoms with Crippen molar-refractivity contribution in [2.24, 2.45) is 5.73 Å². The highest BCUT2D eigenvalue weighted by Crippen LogP contribution is 2.36. The summed E-state index contributed by atoms with van der Waals surface area (Å²) in [6, 6.07) is 7.58. The highest BCUT2D eigenvalue weighted by molar-refractivity contribution is 8.13. The molecule has 9 heteroatoms. The van der Waals surface area contributed by atoms with E-state index in [-0.39, 0.29) is 6.03 Å². The molecule has 2 aromatic rings. The molecule has 0 saturated carbocycles. The van der Waals surface area contributed by atoms with Gasteiger partial charge in [0, 0.05) is 13.1 Å². The number of hydrogen-bond acceptors (Lipinski definition) is 5. The van der Waals surface area contributed by atoms with Crippen LogP contribution < -0.4 is 10.6 Å². The van der Waals surface area contributed by atoms with E-state index < -0.39 is 5.24 Å². The van der Waals surface area contributed by atoms with E-state index in [1.165, 1.54) is 0 Å². The van der Waals surface area contributed by atoms with Crippen molar-refractivity contribution < 1.29 is 14.3 Å². The maximum Gasteiger partial charge on any atom is 0.325 e. The summed E-state index contributed by atoms with van der Waals surface area (Å²) in [5, 5.41) is 0.00759. The number of imidazole rings is 1. The van der Waals surface area contributed by atoms with E-state index in [2.05, 4.69) is 4.98 Å². The number of fused-ring (bicyclic) bond motifs is 3. The molecule has 8 nitrogen and oxygen atoms in total. The molecular weight excluding hydrogens is 342 g/mol. The van der Waals surface area contributed by atoms with Gasteiger partial charge in [-0.3, -0.25) is 14.3 Å². The van der Waals surface area contributed by atoms with E-state index in [1.807, 2.05) is 28.8 Å². The van der Waals surface area contributed by atoms with Crippen LogP contribution in [0.4, 0.5) is 15.3 Å². The molecule has 0 unspecified atom stereocenters. The van der Waals surface area contributed by atoms with Crippen LogP contribution in [0.15, 0.2) is 35.6 Å². The predicted molar refractivity (Wildman–Crippen MR) is 93.0 cm³/mol. The number of rotatable bonds is 1. The van der Waals surface area contributed by atoms with E-state index >= 15 is 0 Å². The van der Waals surface area contributed by atoms with Crippen molar-refractivity contribution in [1.82, 2.24) is 14.5 Å². The average Bonchev–Trinajstić information content (AvgIpc) is 3.03. The topological polar surface area (TPSA) is 93.7 Å². The molecule has 4 rings (SSSR count). The first kappa shape index (κ1) is 16.0. The maximum absolute atomic E-state index is 13.0. The first-order valence-corrected chi connectivity index (χ1v) is 8.74. The SMILES string of the molecule is NC(=O)Sc1ncn2c1CN(C(=O)N1CCOCC1)c1ccccc1-2. The molecule has 1 fully saturated rings. The Balaban J connectivity index is 1.73. The molecule has 3 heterocycles. The van der Waals surface area contributed by atoms with E-state index in [0.29, 0.717) is 37.9 Å². The minimum absolute atomic E-state index is 0.0711. The Bertz CT molecular complexity index is 831. The fraction of sp³-hybridized carbons (Fsp3) is 0.312. The third-order valence-electron chi connectivity index (χ3n) is 4.28. The van der Waals surface area contributed by atoms with Gasteiger partial charge in [0.25, 0.3) is 5.24 Å². The van der Waals surface area contributed by atoms with Gasteiger partial charge in [-0.1, -0.05) is 12.1 Å². The Morgan fingerprint density at radius 2 is 1.88 bits per heavy atom. The van der Waals surface area contributed by atoms with E-state index in [1.54, 1.807) is 16.1 Å². The molecule has 3 amide bonds. The van der Waals surface area contributed by atoms with Crippen LogP contribution in [-0.4, -0.2) is 52.0 Å². The van der Waals surface area contributed by atoms with Gasteiger partial charge in [0.2, 0.25) is 0 Å². The summed E-state index contributed by atoms with van der Waals surface area (Å²) in [7, 11) is 0. The van der Waals surface area contributed by atoms with Crippen molar-refractivity contribution >= 4 is 28.7 Å². The summed E-state index contributed by atoms with van der Waals surface area (Å²) >= 11 is 0.879. The lowest BCUT2D eigenvalue weighted by Gasteiger charge is -2.36. The molecule has 0 aliphatic carbocycles. The monoisotopic (exact) mass is 359 g/mol. The number of carbonyl (C=O) groups excluding carboxylic acids is 2. The van der Waals surface area contributed by atoms with Crippen LogP contribution in [0.1, 0.15) is 5.69 Å². The number of urea groups is 1. The average molecular weight is 359 g/mol. The number of anilines is 1. The number of para-hydroxylation sites is 2. The predicted octanol–water partition coefficient (Wildman–Crippen LogP) is 1.82. The third-order valence-corrected chi connectivity index (χ3v) is 5.01. The molecular formula is C16H17N5O3S. The van der Waals surface area contributed by atoms with Crippen LogP contribution in [0.25, 0.3) is 5.69 Å². The Morgan fingerprint density at radius 1 is 1.16 bits per heavy atom. The number of aromatic nitrogens is 2. The molecule has 2 N–H and O–H groups in total. The van der Waals surface area contributed by atoms with Crippen molar-refractivity contribution in [2.75, 3.05) is 31.2 Å². The van der Waals surface area contributed by atoms with Gasteiger partial charge < -0.3 is 15.4 Å². The van der Waals surface area contributed by atoms with Crippen molar-refractivity contribution in [2.45, 2.75) is 11.6 Å². The van der Waals surface area contributed by atoms with Gasteiger partial charge >= 0.3 is 6.03 Å². The normalized spacial score (nSPS) is 16.3. The summed E-state index contributed by atoms with van der Waals surface area (Å²) in [5.41, 5.74) is 7.75. The summed E-state index contributed by atoms with van der Waals surface area (Å²) in [5.74, 6) is 0. The lowest BCUT2D eigenvalue weighted by molar-refractivity contribution is 0.0547. The Hall–Kier alpha value is -2.52. The second-order valence-corrected chi connectivity index (χ2v) is 6.74. The minimum Gasteiger partial charge on any atom is -0.378 e. The molecule has 1 aromatic heterocycles. The van der Waals surface area contributed by atoms with Crippen LogP contribution in [-0.2, 0) is 11.3 Å². The molecule has 25 heavy (non-hydrogen) atoms. The van der Waals surface area contributed by atoms with Gasteiger partial charge in [0.15, 0.2) is 0 Å². The number of carbonyl (C=O) groups is 2. The summed E-state index contributed by atoms with van der Waals surface area (Å²) in [4.78, 5) is 32.1. The van der Waals surface area contributed by atoms with Crippen LogP contribution >= 0.6 is 11.8 Å². The largest absolute Gasteiger partial charge is 0.378 e. The fourth-order valence-electron chi connectivity index (χ4n) is 3.12. The number of primary amides is 1. The molecule has 2 aliphatic heterocycles. The number of morpholine rings is 1. The standard InChI is InChI=1S/C16H17N5O3S/c17-15(22)25-14-13-9-20(16(23)19-5-7-24-8-6-19)11-3-1-2-4-12(11)21(13)10-18-14/h1-4,10H,5-9H2,(H2,17,22). The number of ether oxygens (including phenoxy) is 1. The number of nitrogens with two attached hydrogens (primary N) is 1. The smallest absolute Gasteiger partial charge is 0.325 e. The zero-order valence-corrected chi connectivity index (χ0v) is 14.2. The number of thioether (sulfide) groups is 1. The molecule has 0 atom stereocenters. The van der Waals surface area contributed by atoms with Crippen LogP contribution in [0.3, 0.4) is 0 Å². The molecule has 1 saturated heterocycles. The zero-order chi connectivity index (χ0) is 17.4. The first-order chi connectivity index (χ1) is 12.1. The number of amides is 3. The molecule has 2 aliphatic rings. The lowest BCUT2D eigenvalue weighted by atomic mass is 10.2. The van der Waals surface area contributed by atoms with Crippen molar-refractivity contribution in [3.8, 4) is 5.69 Å². The Kier molecular flexibility index (Phi) is 4.10. The highest BCUT2D eigenvalue weighted by atomic mass is 32.2. The van der Waals surface area contributed by atoms with Crippen LogP contribution in [0.5, 0.6) is 0 Å². The molecule has 0 radical (unpaired) electrons. The molecule has 1 aromatic carbocycles. The number of benzene rings is 1. The Morgan fingerprint density at radius 3 is 2.60 bits per heavy atom. The van der Waals surface area contributed by atoms with Gasteiger partial charge in [0.1, 0.15) is 11.4 Å². The lowest BCUT2D eigenvalue weighted by Crippen LogP contribution is -2.49. The highest BCUT2D eigenvalue weighted by Gasteiger charge is 2.32. The second kappa shape index (κ2) is 6.41. The number of hydrogen-bond donors (Lipinski definition) is 1. The van der Waals surface area contributed by atoms with Gasteiger partial charge in [-0.25, -0.2) is 9.78 Å². The fourth-order valence-corrected chi connectivity index (χ4v) is 3.69. The first-order valence-electron chi connectivity index (χ1n) is 7.92. The minimum atomic E-state index is -0.522. The van der Waals surface area contributed by atoms with Crippen molar-refractivity contribution in [1.29, 1.82) is 0 Å². The van der Waals surface area contributed by atoms with Crippen molar-refractivity contribution in [3.05, 3.63) is 36.3 Å². The van der Waals surface area contributed by atoms with Crippen LogP contribution in [0.2, 0.25) is 0 Å². The van der Waals surface area contributed by atoms with Gasteiger partial charge in [-0.05, 0) is 23.9 Å². The van der Waals surface area contributed by atoms with E-state index in [0.717, 1.165) is 28.8 Å².